The number of nitrogens with one attached hydrogen (secondary N) is 1. The van der Waals surface area contributed by atoms with Gasteiger partial charge in [-0.2, -0.15) is 0 Å². The van der Waals surface area contributed by atoms with Gasteiger partial charge < -0.3 is 10.2 Å². The molecule has 1 N–H and O–H groups in total. The van der Waals surface area contributed by atoms with Crippen molar-refractivity contribution < 1.29 is 18.0 Å². The molecule has 186 valence electrons. The molecule has 10 heteroatoms. The normalized spacial score (nSPS) is 12.2. The Kier molecular flexibility index (Phi) is 9.79. The maximum absolute atomic E-state index is 13.2. The molecule has 0 aliphatic carbocycles. The second-order valence-corrected chi connectivity index (χ2v) is 11.0. The van der Waals surface area contributed by atoms with Gasteiger partial charge in [0.25, 0.3) is 0 Å². The zero-order valence-corrected chi connectivity index (χ0v) is 22.4. The summed E-state index contributed by atoms with van der Waals surface area (Å²) in [6.45, 7) is 5.70. The van der Waals surface area contributed by atoms with Gasteiger partial charge in [-0.1, -0.05) is 41.4 Å². The van der Waals surface area contributed by atoms with E-state index in [1.165, 1.54) is 16.3 Å². The SMILES string of the molecule is CNC(=O)[C@@H](C)N(Cc1ccc(Cl)c(Cl)c1)C(=O)CCCN(c1cc(C)ccc1C)S(C)(=O)=O. The van der Waals surface area contributed by atoms with Crippen LogP contribution in [0.2, 0.25) is 10.0 Å². The highest BCUT2D eigenvalue weighted by atomic mass is 35.5. The van der Waals surface area contributed by atoms with Crippen LogP contribution in [0.25, 0.3) is 0 Å². The minimum atomic E-state index is -3.55. The van der Waals surface area contributed by atoms with Crippen LogP contribution in [0.4, 0.5) is 5.69 Å². The number of benzene rings is 2. The third-order valence-electron chi connectivity index (χ3n) is 5.54. The Morgan fingerprint density at radius 2 is 1.74 bits per heavy atom. The number of rotatable bonds is 10. The molecule has 1 atom stereocenters. The number of nitrogens with zero attached hydrogens (tertiary/aromatic N) is 2. The standard InChI is InChI=1S/C24H31Cl2N3O4S/c1-16-8-9-17(2)22(13-16)29(34(5,32)33)12-6-7-23(30)28(18(3)24(31)27-4)15-19-10-11-20(25)21(26)14-19/h8-11,13-14,18H,6-7,12,15H2,1-5H3,(H,27,31)/t18-/m1/s1. The molecule has 0 unspecified atom stereocenters. The number of halogens is 2. The van der Waals surface area contributed by atoms with Gasteiger partial charge in [0.1, 0.15) is 6.04 Å². The summed E-state index contributed by atoms with van der Waals surface area (Å²) in [5.41, 5.74) is 3.10. The second kappa shape index (κ2) is 11.9. The summed E-state index contributed by atoms with van der Waals surface area (Å²) in [6.07, 6.45) is 1.51. The van der Waals surface area contributed by atoms with Crippen molar-refractivity contribution >= 4 is 50.7 Å². The van der Waals surface area contributed by atoms with E-state index in [4.69, 9.17) is 23.2 Å². The summed E-state index contributed by atoms with van der Waals surface area (Å²) in [7, 11) is -2.04. The Morgan fingerprint density at radius 1 is 1.06 bits per heavy atom. The van der Waals surface area contributed by atoms with Gasteiger partial charge in [-0.05, 0) is 62.1 Å². The van der Waals surface area contributed by atoms with Crippen LogP contribution in [-0.4, -0.2) is 51.0 Å². The first-order valence-corrected chi connectivity index (χ1v) is 13.5. The number of carbonyl (C=O) groups is 2. The van der Waals surface area contributed by atoms with E-state index in [1.54, 1.807) is 25.1 Å². The lowest BCUT2D eigenvalue weighted by molar-refractivity contribution is -0.140. The summed E-state index contributed by atoms with van der Waals surface area (Å²) >= 11 is 12.1. The number of sulfonamides is 1. The van der Waals surface area contributed by atoms with E-state index in [1.807, 2.05) is 32.0 Å². The molecule has 2 aromatic carbocycles. The molecule has 0 radical (unpaired) electrons. The average molecular weight is 529 g/mol. The molecular formula is C24H31Cl2N3O4S. The highest BCUT2D eigenvalue weighted by Crippen LogP contribution is 2.26. The summed E-state index contributed by atoms with van der Waals surface area (Å²) in [5, 5.41) is 3.32. The van der Waals surface area contributed by atoms with Gasteiger partial charge in [0.2, 0.25) is 21.8 Å². The third kappa shape index (κ3) is 7.35. The fourth-order valence-corrected chi connectivity index (χ4v) is 4.93. The maximum atomic E-state index is 13.2. The molecule has 0 aliphatic heterocycles. The van der Waals surface area contributed by atoms with Gasteiger partial charge in [-0.3, -0.25) is 13.9 Å². The fraction of sp³-hybridized carbons (Fsp3) is 0.417. The van der Waals surface area contributed by atoms with Crippen molar-refractivity contribution in [3.63, 3.8) is 0 Å². The van der Waals surface area contributed by atoms with E-state index in [2.05, 4.69) is 5.32 Å². The van der Waals surface area contributed by atoms with E-state index >= 15 is 0 Å². The smallest absolute Gasteiger partial charge is 0.242 e. The van der Waals surface area contributed by atoms with E-state index < -0.39 is 16.1 Å². The van der Waals surface area contributed by atoms with Crippen LogP contribution in [0.3, 0.4) is 0 Å². The molecule has 7 nitrogen and oxygen atoms in total. The van der Waals surface area contributed by atoms with Gasteiger partial charge in [0.05, 0.1) is 22.0 Å². The maximum Gasteiger partial charge on any atom is 0.242 e. The monoisotopic (exact) mass is 527 g/mol. The van der Waals surface area contributed by atoms with E-state index in [0.29, 0.717) is 15.7 Å². The molecule has 0 saturated carbocycles. The molecule has 0 bridgehead atoms. The third-order valence-corrected chi connectivity index (χ3v) is 7.46. The number of carbonyl (C=O) groups excluding carboxylic acids is 2. The van der Waals surface area contributed by atoms with E-state index in [-0.39, 0.29) is 37.7 Å². The van der Waals surface area contributed by atoms with Crippen LogP contribution < -0.4 is 9.62 Å². The zero-order valence-electron chi connectivity index (χ0n) is 20.1. The molecule has 0 saturated heterocycles. The summed E-state index contributed by atoms with van der Waals surface area (Å²) < 4.78 is 26.3. The Bertz CT molecular complexity index is 1150. The lowest BCUT2D eigenvalue weighted by Crippen LogP contribution is -2.46. The Morgan fingerprint density at radius 3 is 2.32 bits per heavy atom. The number of likely N-dealkylation sites (N-methyl/N-ethyl adjacent to an activating group) is 1. The summed E-state index contributed by atoms with van der Waals surface area (Å²) in [4.78, 5) is 26.9. The van der Waals surface area contributed by atoms with Crippen molar-refractivity contribution in [3.8, 4) is 0 Å². The summed E-state index contributed by atoms with van der Waals surface area (Å²) in [5.74, 6) is -0.571. The van der Waals surface area contributed by atoms with Gasteiger partial charge in [-0.25, -0.2) is 8.42 Å². The van der Waals surface area contributed by atoms with Crippen LogP contribution in [0.1, 0.15) is 36.5 Å². The lowest BCUT2D eigenvalue weighted by Gasteiger charge is -2.29. The average Bonchev–Trinajstić information content (AvgIpc) is 2.77. The lowest BCUT2D eigenvalue weighted by atomic mass is 10.1. The largest absolute Gasteiger partial charge is 0.357 e. The van der Waals surface area contributed by atoms with Crippen LogP contribution in [0.5, 0.6) is 0 Å². The van der Waals surface area contributed by atoms with Crippen molar-refractivity contribution in [1.82, 2.24) is 10.2 Å². The zero-order chi connectivity index (χ0) is 25.6. The fourth-order valence-electron chi connectivity index (χ4n) is 3.60. The number of aryl methyl sites for hydroxylation is 2. The molecule has 0 aliphatic rings. The Hall–Kier alpha value is -2.29. The van der Waals surface area contributed by atoms with Crippen molar-refractivity contribution in [2.24, 2.45) is 0 Å². The van der Waals surface area contributed by atoms with Crippen LogP contribution in [-0.2, 0) is 26.2 Å². The quantitative estimate of drug-likeness (QED) is 0.498. The molecule has 2 aromatic rings. The molecule has 0 spiro atoms. The first-order chi connectivity index (χ1) is 15.8. The molecular weight excluding hydrogens is 497 g/mol. The van der Waals surface area contributed by atoms with Crippen LogP contribution in [0.15, 0.2) is 36.4 Å². The molecule has 0 heterocycles. The summed E-state index contributed by atoms with van der Waals surface area (Å²) in [6, 6.07) is 9.94. The minimum absolute atomic E-state index is 0.0690. The van der Waals surface area contributed by atoms with Crippen molar-refractivity contribution in [2.45, 2.75) is 46.2 Å². The molecule has 0 aromatic heterocycles. The number of hydrogen-bond acceptors (Lipinski definition) is 4. The van der Waals surface area contributed by atoms with Crippen molar-refractivity contribution in [2.75, 3.05) is 24.2 Å². The van der Waals surface area contributed by atoms with Gasteiger partial charge in [0, 0.05) is 26.6 Å². The van der Waals surface area contributed by atoms with E-state index in [0.717, 1.165) is 22.9 Å². The molecule has 2 amide bonds. The number of amides is 2. The highest BCUT2D eigenvalue weighted by molar-refractivity contribution is 7.92. The van der Waals surface area contributed by atoms with Gasteiger partial charge >= 0.3 is 0 Å². The molecule has 2 rings (SSSR count). The molecule has 34 heavy (non-hydrogen) atoms. The van der Waals surface area contributed by atoms with Gasteiger partial charge in [-0.15, -0.1) is 0 Å². The Balaban J connectivity index is 2.20. The number of hydrogen-bond donors (Lipinski definition) is 1. The Labute approximate surface area is 212 Å². The highest BCUT2D eigenvalue weighted by Gasteiger charge is 2.26. The van der Waals surface area contributed by atoms with Crippen molar-refractivity contribution in [3.05, 3.63) is 63.1 Å². The topological polar surface area (TPSA) is 86.8 Å². The predicted octanol–water partition coefficient (Wildman–Crippen LogP) is 4.32. The number of anilines is 1. The first kappa shape index (κ1) is 28.0. The first-order valence-electron chi connectivity index (χ1n) is 10.8. The van der Waals surface area contributed by atoms with Crippen molar-refractivity contribution in [1.29, 1.82) is 0 Å². The van der Waals surface area contributed by atoms with Crippen LogP contribution >= 0.6 is 23.2 Å². The second-order valence-electron chi connectivity index (χ2n) is 8.29. The minimum Gasteiger partial charge on any atom is -0.357 e. The predicted molar refractivity (Wildman–Crippen MR) is 138 cm³/mol. The van der Waals surface area contributed by atoms with Gasteiger partial charge in [0.15, 0.2) is 0 Å². The van der Waals surface area contributed by atoms with Crippen LogP contribution in [0, 0.1) is 13.8 Å². The van der Waals surface area contributed by atoms with E-state index in [9.17, 15) is 18.0 Å². The molecule has 0 fully saturated rings.